The van der Waals surface area contributed by atoms with Crippen LogP contribution in [0.4, 0.5) is 5.69 Å². The Bertz CT molecular complexity index is 761. The third-order valence-electron chi connectivity index (χ3n) is 4.39. The van der Waals surface area contributed by atoms with E-state index in [2.05, 4.69) is 46.9 Å². The second kappa shape index (κ2) is 7.06. The zero-order valence-electron chi connectivity index (χ0n) is 14.9. The van der Waals surface area contributed by atoms with E-state index in [0.717, 1.165) is 30.9 Å². The number of anilines is 1. The first-order valence-electron chi connectivity index (χ1n) is 8.54. The van der Waals surface area contributed by atoms with Gasteiger partial charge in [0.05, 0.1) is 18.0 Å². The van der Waals surface area contributed by atoms with Crippen molar-refractivity contribution in [1.82, 2.24) is 15.2 Å². The maximum Gasteiger partial charge on any atom is 0.233 e. The highest BCUT2D eigenvalue weighted by Gasteiger charge is 2.25. The zero-order valence-corrected chi connectivity index (χ0v) is 14.9. The lowest BCUT2D eigenvalue weighted by atomic mass is 9.92. The van der Waals surface area contributed by atoms with Crippen molar-refractivity contribution >= 4 is 5.69 Å². The maximum absolute atomic E-state index is 9.20. The van der Waals surface area contributed by atoms with Crippen molar-refractivity contribution in [2.45, 2.75) is 32.6 Å². The van der Waals surface area contributed by atoms with Crippen LogP contribution < -0.4 is 9.64 Å². The van der Waals surface area contributed by atoms with Gasteiger partial charge >= 0.3 is 0 Å². The summed E-state index contributed by atoms with van der Waals surface area (Å²) in [7, 11) is 0. The van der Waals surface area contributed by atoms with Crippen LogP contribution in [0.15, 0.2) is 30.5 Å². The quantitative estimate of drug-likeness (QED) is 0.854. The third kappa shape index (κ3) is 4.05. The lowest BCUT2D eigenvalue weighted by molar-refractivity contribution is 0.249. The highest BCUT2D eigenvalue weighted by Crippen LogP contribution is 2.26. The molecule has 6 nitrogen and oxygen atoms in total. The molecule has 3 heterocycles. The highest BCUT2D eigenvalue weighted by atomic mass is 16.5. The molecule has 130 valence electrons. The molecule has 0 spiro atoms. The summed E-state index contributed by atoms with van der Waals surface area (Å²) >= 11 is 0. The summed E-state index contributed by atoms with van der Waals surface area (Å²) < 4.78 is 5.82. The van der Waals surface area contributed by atoms with E-state index in [0.29, 0.717) is 24.1 Å². The monoisotopic (exact) mass is 337 g/mol. The Balaban J connectivity index is 1.56. The summed E-state index contributed by atoms with van der Waals surface area (Å²) in [6.45, 7) is 8.69. The van der Waals surface area contributed by atoms with Gasteiger partial charge in [-0.15, -0.1) is 5.10 Å². The van der Waals surface area contributed by atoms with E-state index in [1.807, 2.05) is 24.3 Å². The van der Waals surface area contributed by atoms with Crippen molar-refractivity contribution in [2.75, 3.05) is 24.6 Å². The number of rotatable bonds is 4. The zero-order chi connectivity index (χ0) is 17.9. The smallest absolute Gasteiger partial charge is 0.233 e. The Kier molecular flexibility index (Phi) is 4.84. The molecule has 0 aliphatic carbocycles. The molecule has 0 aromatic carbocycles. The van der Waals surface area contributed by atoms with Crippen LogP contribution in [0.1, 0.15) is 38.6 Å². The van der Waals surface area contributed by atoms with Crippen LogP contribution in [0, 0.1) is 17.2 Å². The molecule has 2 aromatic rings. The minimum Gasteiger partial charge on any atom is -0.476 e. The van der Waals surface area contributed by atoms with Gasteiger partial charge in [0.1, 0.15) is 6.07 Å². The molecule has 1 saturated heterocycles. The van der Waals surface area contributed by atoms with Gasteiger partial charge < -0.3 is 9.64 Å². The highest BCUT2D eigenvalue weighted by molar-refractivity contribution is 5.56. The lowest BCUT2D eigenvalue weighted by Crippen LogP contribution is -2.23. The molecule has 6 heteroatoms. The molecule has 1 aliphatic rings. The van der Waals surface area contributed by atoms with Crippen LogP contribution in [0.3, 0.4) is 0 Å². The van der Waals surface area contributed by atoms with E-state index in [9.17, 15) is 5.26 Å². The van der Waals surface area contributed by atoms with E-state index >= 15 is 0 Å². The molecule has 0 saturated carbocycles. The van der Waals surface area contributed by atoms with Gasteiger partial charge in [0, 0.05) is 36.7 Å². The average Bonchev–Trinajstić information content (AvgIpc) is 3.08. The molecule has 1 fully saturated rings. The van der Waals surface area contributed by atoms with Gasteiger partial charge in [-0.25, -0.2) is 4.98 Å². The van der Waals surface area contributed by atoms with E-state index < -0.39 is 0 Å². The fourth-order valence-electron chi connectivity index (χ4n) is 2.93. The van der Waals surface area contributed by atoms with Crippen molar-refractivity contribution in [3.63, 3.8) is 0 Å². The van der Waals surface area contributed by atoms with Crippen LogP contribution in [-0.2, 0) is 5.41 Å². The van der Waals surface area contributed by atoms with Crippen LogP contribution in [0.5, 0.6) is 5.88 Å². The first kappa shape index (κ1) is 17.2. The lowest BCUT2D eigenvalue weighted by Gasteiger charge is -2.19. The average molecular weight is 337 g/mol. The molecule has 0 N–H and O–H groups in total. The molecule has 1 unspecified atom stereocenters. The van der Waals surface area contributed by atoms with Gasteiger partial charge in [-0.2, -0.15) is 10.4 Å². The third-order valence-corrected chi connectivity index (χ3v) is 4.39. The Morgan fingerprint density at radius 2 is 2.12 bits per heavy atom. The van der Waals surface area contributed by atoms with Crippen molar-refractivity contribution < 1.29 is 4.74 Å². The minimum absolute atomic E-state index is 0.0142. The molecular formula is C19H23N5O. The summed E-state index contributed by atoms with van der Waals surface area (Å²) in [6.07, 6.45) is 2.67. The van der Waals surface area contributed by atoms with E-state index in [1.54, 1.807) is 6.20 Å². The molecule has 0 radical (unpaired) electrons. The fourth-order valence-corrected chi connectivity index (χ4v) is 2.93. The summed E-state index contributed by atoms with van der Waals surface area (Å²) in [5.74, 6) is 0.960. The molecule has 1 atom stereocenters. The van der Waals surface area contributed by atoms with Gasteiger partial charge in [0.2, 0.25) is 5.88 Å². The summed E-state index contributed by atoms with van der Waals surface area (Å²) in [5, 5.41) is 17.6. The van der Waals surface area contributed by atoms with Crippen LogP contribution in [-0.4, -0.2) is 34.9 Å². The van der Waals surface area contributed by atoms with Crippen molar-refractivity contribution in [1.29, 1.82) is 5.26 Å². The molecule has 3 rings (SSSR count). The second-order valence-corrected chi connectivity index (χ2v) is 7.40. The van der Waals surface area contributed by atoms with E-state index in [-0.39, 0.29) is 5.41 Å². The number of nitrogens with zero attached hydrogens (tertiary/aromatic N) is 5. The first-order chi connectivity index (χ1) is 12.0. The van der Waals surface area contributed by atoms with Gasteiger partial charge in [-0.1, -0.05) is 20.8 Å². The Morgan fingerprint density at radius 3 is 2.80 bits per heavy atom. The van der Waals surface area contributed by atoms with E-state index in [4.69, 9.17) is 4.74 Å². The number of pyridine rings is 1. The van der Waals surface area contributed by atoms with Crippen molar-refractivity contribution in [3.8, 4) is 11.9 Å². The predicted octanol–water partition coefficient (Wildman–Crippen LogP) is 2.95. The molecule has 1 aliphatic heterocycles. The van der Waals surface area contributed by atoms with Crippen LogP contribution in [0.2, 0.25) is 0 Å². The molecule has 0 amide bonds. The van der Waals surface area contributed by atoms with Gasteiger partial charge in [-0.3, -0.25) is 0 Å². The predicted molar refractivity (Wildman–Crippen MR) is 95.5 cm³/mol. The molecule has 0 bridgehead atoms. The maximum atomic E-state index is 9.20. The van der Waals surface area contributed by atoms with Gasteiger partial charge in [-0.05, 0) is 24.6 Å². The standard InChI is InChI=1S/C19H23N5O/c1-19(2,3)17-6-7-18(23-22-17)25-13-14-8-10-24(12-14)16-5-4-9-21-15(16)11-20/h4-7,9,14H,8,10,12-13H2,1-3H3. The Morgan fingerprint density at radius 1 is 1.28 bits per heavy atom. The Hall–Kier alpha value is -2.68. The first-order valence-corrected chi connectivity index (χ1v) is 8.54. The Labute approximate surface area is 148 Å². The number of hydrogen-bond donors (Lipinski definition) is 0. The minimum atomic E-state index is -0.0142. The largest absolute Gasteiger partial charge is 0.476 e. The summed E-state index contributed by atoms with van der Waals surface area (Å²) in [5.41, 5.74) is 2.32. The second-order valence-electron chi connectivity index (χ2n) is 7.40. The summed E-state index contributed by atoms with van der Waals surface area (Å²) in [6, 6.07) is 9.83. The van der Waals surface area contributed by atoms with Crippen molar-refractivity contribution in [3.05, 3.63) is 41.9 Å². The SMILES string of the molecule is CC(C)(C)c1ccc(OCC2CCN(c3cccnc3C#N)C2)nn1. The number of ether oxygens (including phenoxy) is 1. The normalized spacial score (nSPS) is 17.4. The van der Waals surface area contributed by atoms with Gasteiger partial charge in [0.25, 0.3) is 0 Å². The topological polar surface area (TPSA) is 74.9 Å². The number of nitriles is 1. The van der Waals surface area contributed by atoms with E-state index in [1.165, 1.54) is 0 Å². The van der Waals surface area contributed by atoms with Gasteiger partial charge in [0.15, 0.2) is 5.69 Å². The van der Waals surface area contributed by atoms with Crippen LogP contribution in [0.25, 0.3) is 0 Å². The summed E-state index contributed by atoms with van der Waals surface area (Å²) in [4.78, 5) is 6.34. The molecule has 2 aromatic heterocycles. The van der Waals surface area contributed by atoms with Crippen molar-refractivity contribution in [2.24, 2.45) is 5.92 Å². The fraction of sp³-hybridized carbons (Fsp3) is 0.474. The molecular weight excluding hydrogens is 314 g/mol. The van der Waals surface area contributed by atoms with Crippen LogP contribution >= 0.6 is 0 Å². The number of aromatic nitrogens is 3. The molecule has 25 heavy (non-hydrogen) atoms. The number of hydrogen-bond acceptors (Lipinski definition) is 6.